The first kappa shape index (κ1) is 16.3. The summed E-state index contributed by atoms with van der Waals surface area (Å²) < 4.78 is 0. The summed E-state index contributed by atoms with van der Waals surface area (Å²) in [6.45, 7) is 2.04. The molecule has 0 aliphatic heterocycles. The second-order valence-electron chi connectivity index (χ2n) is 5.81. The van der Waals surface area contributed by atoms with Gasteiger partial charge in [-0.05, 0) is 30.2 Å². The number of carbonyl (C=O) groups is 1. The predicted molar refractivity (Wildman–Crippen MR) is 99.8 cm³/mol. The molecule has 0 saturated carbocycles. The largest absolute Gasteiger partial charge is 0.366 e. The molecule has 26 heavy (non-hydrogen) atoms. The number of benzene rings is 1. The van der Waals surface area contributed by atoms with E-state index in [4.69, 9.17) is 17.3 Å². The molecule has 0 saturated heterocycles. The first-order valence-corrected chi connectivity index (χ1v) is 8.42. The fraction of sp³-hybridized carbons (Fsp3) is 0.111. The minimum absolute atomic E-state index is 0.374. The number of aromatic amines is 2. The number of halogens is 1. The highest BCUT2D eigenvalue weighted by Crippen LogP contribution is 2.33. The number of carbonyl (C=O) groups excluding carboxylic acids is 1. The van der Waals surface area contributed by atoms with Gasteiger partial charge in [0, 0.05) is 10.6 Å². The molecule has 0 spiro atoms. The van der Waals surface area contributed by atoms with Crippen molar-refractivity contribution in [2.75, 3.05) is 0 Å². The number of rotatable bonds is 4. The average Bonchev–Trinajstić information content (AvgIpc) is 3.28. The molecule has 130 valence electrons. The van der Waals surface area contributed by atoms with Crippen molar-refractivity contribution in [3.8, 4) is 22.6 Å². The van der Waals surface area contributed by atoms with E-state index in [2.05, 4.69) is 24.9 Å². The topological polar surface area (TPSA) is 113 Å². The van der Waals surface area contributed by atoms with Crippen molar-refractivity contribution in [1.29, 1.82) is 0 Å². The Balaban J connectivity index is 1.97. The Kier molecular flexibility index (Phi) is 3.93. The molecule has 4 rings (SSSR count). The van der Waals surface area contributed by atoms with Gasteiger partial charge in [0.1, 0.15) is 17.5 Å². The van der Waals surface area contributed by atoms with Crippen LogP contribution in [0.3, 0.4) is 0 Å². The number of primary amides is 1. The van der Waals surface area contributed by atoms with Crippen molar-refractivity contribution in [3.05, 3.63) is 53.1 Å². The van der Waals surface area contributed by atoms with Crippen LogP contribution in [0, 0.1) is 0 Å². The molecular weight excluding hydrogens is 352 g/mol. The SMILES string of the molecule is CCc1ccc(Cl)cc1-c1[nH]c(-c2ncnc3[nH]cnc23)cc1C(N)=O. The number of H-pyrrole nitrogens is 2. The van der Waals surface area contributed by atoms with Gasteiger partial charge in [-0.3, -0.25) is 4.79 Å². The van der Waals surface area contributed by atoms with E-state index in [0.717, 1.165) is 17.5 Å². The highest BCUT2D eigenvalue weighted by atomic mass is 35.5. The third kappa shape index (κ3) is 2.62. The molecule has 0 aliphatic carbocycles. The molecule has 0 unspecified atom stereocenters. The molecule has 4 N–H and O–H groups in total. The summed E-state index contributed by atoms with van der Waals surface area (Å²) in [5, 5.41) is 0.584. The number of fused-ring (bicyclic) bond motifs is 1. The number of aryl methyl sites for hydroxylation is 1. The Labute approximate surface area is 153 Å². The third-order valence-electron chi connectivity index (χ3n) is 4.28. The van der Waals surface area contributed by atoms with Gasteiger partial charge in [0.15, 0.2) is 5.65 Å². The van der Waals surface area contributed by atoms with Gasteiger partial charge in [0.05, 0.1) is 23.3 Å². The molecule has 3 heterocycles. The summed E-state index contributed by atoms with van der Waals surface area (Å²) in [6, 6.07) is 7.29. The van der Waals surface area contributed by atoms with Crippen molar-refractivity contribution in [3.63, 3.8) is 0 Å². The third-order valence-corrected chi connectivity index (χ3v) is 4.51. The van der Waals surface area contributed by atoms with Gasteiger partial charge in [0.2, 0.25) is 0 Å². The molecule has 0 aliphatic rings. The van der Waals surface area contributed by atoms with Crippen LogP contribution in [0.25, 0.3) is 33.8 Å². The molecule has 1 amide bonds. The van der Waals surface area contributed by atoms with E-state index in [-0.39, 0.29) is 0 Å². The van der Waals surface area contributed by atoms with Crippen LogP contribution in [0.1, 0.15) is 22.8 Å². The summed E-state index contributed by atoms with van der Waals surface area (Å²) in [7, 11) is 0. The number of amides is 1. The van der Waals surface area contributed by atoms with Crippen LogP contribution < -0.4 is 5.73 Å². The molecule has 0 atom stereocenters. The minimum Gasteiger partial charge on any atom is -0.366 e. The fourth-order valence-electron chi connectivity index (χ4n) is 3.04. The summed E-state index contributed by atoms with van der Waals surface area (Å²) in [5.41, 5.74) is 11.0. The van der Waals surface area contributed by atoms with E-state index < -0.39 is 5.91 Å². The Morgan fingerprint density at radius 3 is 2.85 bits per heavy atom. The van der Waals surface area contributed by atoms with Crippen LogP contribution in [-0.4, -0.2) is 30.8 Å². The van der Waals surface area contributed by atoms with E-state index in [1.54, 1.807) is 12.4 Å². The van der Waals surface area contributed by atoms with Gasteiger partial charge >= 0.3 is 0 Å². The van der Waals surface area contributed by atoms with Crippen LogP contribution in [0.15, 0.2) is 36.9 Å². The predicted octanol–water partition coefficient (Wildman–Crippen LogP) is 3.33. The van der Waals surface area contributed by atoms with Crippen LogP contribution in [0.2, 0.25) is 5.02 Å². The Morgan fingerprint density at radius 2 is 2.08 bits per heavy atom. The summed E-state index contributed by atoms with van der Waals surface area (Å²) in [5.74, 6) is -0.531. The number of aromatic nitrogens is 5. The molecule has 1 aromatic carbocycles. The molecule has 0 bridgehead atoms. The smallest absolute Gasteiger partial charge is 0.250 e. The van der Waals surface area contributed by atoms with Gasteiger partial charge in [-0.25, -0.2) is 15.0 Å². The lowest BCUT2D eigenvalue weighted by Crippen LogP contribution is -2.11. The molecule has 7 nitrogen and oxygen atoms in total. The first-order valence-electron chi connectivity index (χ1n) is 8.04. The van der Waals surface area contributed by atoms with Crippen molar-refractivity contribution in [2.45, 2.75) is 13.3 Å². The monoisotopic (exact) mass is 366 g/mol. The fourth-order valence-corrected chi connectivity index (χ4v) is 3.21. The first-order chi connectivity index (χ1) is 12.6. The van der Waals surface area contributed by atoms with Gasteiger partial charge in [-0.1, -0.05) is 24.6 Å². The van der Waals surface area contributed by atoms with Crippen molar-refractivity contribution in [1.82, 2.24) is 24.9 Å². The van der Waals surface area contributed by atoms with Gasteiger partial charge in [0.25, 0.3) is 5.91 Å². The summed E-state index contributed by atoms with van der Waals surface area (Å²) in [6.07, 6.45) is 3.78. The van der Waals surface area contributed by atoms with Crippen LogP contribution in [0.4, 0.5) is 0 Å². The number of nitrogens with zero attached hydrogens (tertiary/aromatic N) is 3. The zero-order chi connectivity index (χ0) is 18.3. The Hall–Kier alpha value is -3.19. The van der Waals surface area contributed by atoms with Crippen LogP contribution >= 0.6 is 11.6 Å². The molecule has 0 fully saturated rings. The average molecular weight is 367 g/mol. The second-order valence-corrected chi connectivity index (χ2v) is 6.25. The second kappa shape index (κ2) is 6.27. The lowest BCUT2D eigenvalue weighted by molar-refractivity contribution is 0.100. The Bertz CT molecular complexity index is 1130. The maximum atomic E-state index is 12.1. The standard InChI is InChI=1S/C18H15ClN6O/c1-2-9-3-4-10(19)5-11(9)14-12(17(20)26)6-13(25-14)15-16-18(23-7-21-15)24-8-22-16/h3-8,25H,2H2,1H3,(H2,20,26)(H,21,22,23,24). The number of nitrogens with two attached hydrogens (primary N) is 1. The minimum atomic E-state index is -0.531. The van der Waals surface area contributed by atoms with E-state index in [1.165, 1.54) is 6.33 Å². The Morgan fingerprint density at radius 1 is 1.23 bits per heavy atom. The van der Waals surface area contributed by atoms with E-state index in [0.29, 0.717) is 38.8 Å². The summed E-state index contributed by atoms with van der Waals surface area (Å²) in [4.78, 5) is 31.0. The van der Waals surface area contributed by atoms with E-state index >= 15 is 0 Å². The van der Waals surface area contributed by atoms with E-state index in [9.17, 15) is 4.79 Å². The van der Waals surface area contributed by atoms with E-state index in [1.807, 2.05) is 25.1 Å². The van der Waals surface area contributed by atoms with Crippen molar-refractivity contribution >= 4 is 28.7 Å². The normalized spacial score (nSPS) is 11.2. The lowest BCUT2D eigenvalue weighted by Gasteiger charge is -2.08. The maximum Gasteiger partial charge on any atom is 0.250 e. The maximum absolute atomic E-state index is 12.1. The van der Waals surface area contributed by atoms with Gasteiger partial charge in [-0.2, -0.15) is 0 Å². The molecular formula is C18H15ClN6O. The van der Waals surface area contributed by atoms with Gasteiger partial charge < -0.3 is 15.7 Å². The van der Waals surface area contributed by atoms with Crippen molar-refractivity contribution in [2.24, 2.45) is 5.73 Å². The van der Waals surface area contributed by atoms with Crippen molar-refractivity contribution < 1.29 is 4.79 Å². The number of imidazole rings is 1. The quantitative estimate of drug-likeness (QED) is 0.514. The number of hydrogen-bond donors (Lipinski definition) is 3. The van der Waals surface area contributed by atoms with Gasteiger partial charge in [-0.15, -0.1) is 0 Å². The lowest BCUT2D eigenvalue weighted by atomic mass is 10.00. The van der Waals surface area contributed by atoms with Crippen LogP contribution in [-0.2, 0) is 6.42 Å². The zero-order valence-electron chi connectivity index (χ0n) is 13.9. The molecule has 8 heteroatoms. The highest BCUT2D eigenvalue weighted by Gasteiger charge is 2.20. The zero-order valence-corrected chi connectivity index (χ0v) is 14.6. The molecule has 0 radical (unpaired) electrons. The number of nitrogens with one attached hydrogen (secondary N) is 2. The highest BCUT2D eigenvalue weighted by molar-refractivity contribution is 6.31. The molecule has 3 aromatic heterocycles. The summed E-state index contributed by atoms with van der Waals surface area (Å²) >= 11 is 6.18. The molecule has 4 aromatic rings. The van der Waals surface area contributed by atoms with Crippen LogP contribution in [0.5, 0.6) is 0 Å². The number of hydrogen-bond acceptors (Lipinski definition) is 4.